The largest absolute Gasteiger partial charge is 0.473 e. The Bertz CT molecular complexity index is 2130. The lowest BCUT2D eigenvalue weighted by atomic mass is 9.93. The van der Waals surface area contributed by atoms with E-state index in [0.29, 0.717) is 28.7 Å². The minimum atomic E-state index is -0.260. The summed E-state index contributed by atoms with van der Waals surface area (Å²) in [7, 11) is 0. The molecule has 1 unspecified atom stereocenters. The van der Waals surface area contributed by atoms with E-state index in [4.69, 9.17) is 19.4 Å². The number of piperidine rings is 1. The summed E-state index contributed by atoms with van der Waals surface area (Å²) in [4.78, 5) is 29.8. The van der Waals surface area contributed by atoms with Gasteiger partial charge in [0.1, 0.15) is 29.6 Å². The molecule has 0 saturated carbocycles. The van der Waals surface area contributed by atoms with Crippen LogP contribution in [0, 0.1) is 12.7 Å². The zero-order valence-electron chi connectivity index (χ0n) is 27.4. The number of pyridine rings is 2. The second-order valence-corrected chi connectivity index (χ2v) is 13.0. The molecule has 6 aromatic rings. The predicted octanol–water partition coefficient (Wildman–Crippen LogP) is 6.53. The number of imidazole rings is 2. The first-order chi connectivity index (χ1) is 24.0. The fourth-order valence-corrected chi connectivity index (χ4v) is 6.76. The second-order valence-electron chi connectivity index (χ2n) is 13.0. The number of ether oxygens (including phenoxy) is 2. The minimum Gasteiger partial charge on any atom is -0.473 e. The van der Waals surface area contributed by atoms with Crippen LogP contribution < -0.4 is 10.1 Å². The number of amides is 1. The van der Waals surface area contributed by atoms with Gasteiger partial charge in [0.15, 0.2) is 0 Å². The average Bonchev–Trinajstić information content (AvgIpc) is 3.67. The smallest absolute Gasteiger partial charge is 0.274 e. The van der Waals surface area contributed by atoms with Crippen LogP contribution in [0.3, 0.4) is 0 Å². The third-order valence-corrected chi connectivity index (χ3v) is 9.61. The number of carbonyl (C=O) groups is 1. The first-order valence-corrected chi connectivity index (χ1v) is 16.9. The fraction of sp³-hybridized carbons (Fsp3) is 0.316. The molecule has 4 aromatic heterocycles. The Morgan fingerprint density at radius 3 is 2.71 bits per heavy atom. The van der Waals surface area contributed by atoms with Crippen molar-refractivity contribution in [2.75, 3.05) is 25.0 Å². The standard InChI is InChI=1S/C38H38FN7O3/c1-25-8-9-27(30(39)19-25)24-49-37-7-4-5-31(43-37)26-12-16-44(17-13-26)23-36-42-32-20-28(10-11-33(32)46(36)22-29-14-18-48-29)41-38(47)34-21-40-35-6-2-3-15-45(34)35/h2-11,15,19-21,26,29H,12-14,16-18,22-24H2,1H3,(H,41,47). The Morgan fingerprint density at radius 1 is 1.02 bits per heavy atom. The van der Waals surface area contributed by atoms with Crippen molar-refractivity contribution in [1.82, 2.24) is 28.8 Å². The van der Waals surface area contributed by atoms with Crippen LogP contribution in [0.15, 0.2) is 85.2 Å². The molecular weight excluding hydrogens is 621 g/mol. The molecule has 2 aliphatic rings. The average molecular weight is 660 g/mol. The van der Waals surface area contributed by atoms with Crippen LogP contribution in [-0.4, -0.2) is 60.5 Å². The lowest BCUT2D eigenvalue weighted by Crippen LogP contribution is -2.35. The number of nitrogens with zero attached hydrogens (tertiary/aromatic N) is 6. The molecule has 0 bridgehead atoms. The van der Waals surface area contributed by atoms with Gasteiger partial charge in [-0.05, 0) is 87.3 Å². The second kappa shape index (κ2) is 13.4. The van der Waals surface area contributed by atoms with Crippen LogP contribution >= 0.6 is 0 Å². The molecule has 1 amide bonds. The maximum atomic E-state index is 14.3. The van der Waals surface area contributed by atoms with E-state index in [0.717, 1.165) is 85.8 Å². The summed E-state index contributed by atoms with van der Waals surface area (Å²) >= 11 is 0. The first-order valence-electron chi connectivity index (χ1n) is 16.9. The summed E-state index contributed by atoms with van der Waals surface area (Å²) in [5.41, 5.74) is 6.15. The van der Waals surface area contributed by atoms with E-state index in [2.05, 4.69) is 25.8 Å². The molecule has 1 atom stereocenters. The molecule has 10 nitrogen and oxygen atoms in total. The van der Waals surface area contributed by atoms with Crippen molar-refractivity contribution >= 4 is 28.3 Å². The predicted molar refractivity (Wildman–Crippen MR) is 184 cm³/mol. The van der Waals surface area contributed by atoms with E-state index < -0.39 is 0 Å². The number of likely N-dealkylation sites (tertiary alicyclic amines) is 1. The topological polar surface area (TPSA) is 98.8 Å². The number of hydrogen-bond acceptors (Lipinski definition) is 7. The van der Waals surface area contributed by atoms with E-state index in [-0.39, 0.29) is 24.4 Å². The zero-order chi connectivity index (χ0) is 33.3. The Balaban J connectivity index is 0.939. The number of nitrogens with one attached hydrogen (secondary N) is 1. The van der Waals surface area contributed by atoms with Crippen LogP contribution in [0.5, 0.6) is 5.88 Å². The van der Waals surface area contributed by atoms with Crippen molar-refractivity contribution in [2.45, 2.75) is 57.9 Å². The van der Waals surface area contributed by atoms with E-state index in [1.165, 1.54) is 6.07 Å². The first kappa shape index (κ1) is 31.2. The number of hydrogen-bond donors (Lipinski definition) is 1. The molecule has 1 N–H and O–H groups in total. The van der Waals surface area contributed by atoms with Crippen LogP contribution in [0.1, 0.15) is 58.3 Å². The molecule has 8 rings (SSSR count). The van der Waals surface area contributed by atoms with Gasteiger partial charge in [0, 0.05) is 41.7 Å². The number of aryl methyl sites for hydroxylation is 1. The van der Waals surface area contributed by atoms with Crippen molar-refractivity contribution in [3.63, 3.8) is 0 Å². The Hall–Kier alpha value is -5.13. The molecular formula is C38H38FN7O3. The van der Waals surface area contributed by atoms with E-state index in [1.54, 1.807) is 16.7 Å². The number of fused-ring (bicyclic) bond motifs is 2. The normalized spacial score (nSPS) is 17.0. The molecule has 49 heavy (non-hydrogen) atoms. The van der Waals surface area contributed by atoms with Gasteiger partial charge in [-0.2, -0.15) is 0 Å². The van der Waals surface area contributed by atoms with Crippen molar-refractivity contribution in [2.24, 2.45) is 0 Å². The molecule has 0 spiro atoms. The SMILES string of the molecule is Cc1ccc(COc2cccc(C3CCN(Cc4nc5cc(NC(=O)c6cnc7ccccn67)ccc5n4CC4CCO4)CC3)n2)c(F)c1. The minimum absolute atomic E-state index is 0.143. The molecule has 6 heterocycles. The number of carbonyl (C=O) groups excluding carboxylic acids is 1. The molecule has 0 radical (unpaired) electrons. The van der Waals surface area contributed by atoms with Crippen LogP contribution in [0.4, 0.5) is 10.1 Å². The molecule has 11 heteroatoms. The number of aromatic nitrogens is 5. The van der Waals surface area contributed by atoms with Crippen LogP contribution in [0.2, 0.25) is 0 Å². The third-order valence-electron chi connectivity index (χ3n) is 9.61. The zero-order valence-corrected chi connectivity index (χ0v) is 27.4. The number of rotatable bonds is 10. The van der Waals surface area contributed by atoms with Gasteiger partial charge in [0.05, 0.1) is 36.4 Å². The molecule has 2 saturated heterocycles. The lowest BCUT2D eigenvalue weighted by molar-refractivity contribution is -0.0592. The van der Waals surface area contributed by atoms with Gasteiger partial charge in [0.2, 0.25) is 5.88 Å². The highest BCUT2D eigenvalue weighted by Gasteiger charge is 2.26. The third kappa shape index (κ3) is 6.64. The summed E-state index contributed by atoms with van der Waals surface area (Å²) in [5.74, 6) is 1.34. The summed E-state index contributed by atoms with van der Waals surface area (Å²) in [6.45, 7) is 6.10. The number of benzene rings is 2. The van der Waals surface area contributed by atoms with Crippen molar-refractivity contribution in [3.05, 3.63) is 119 Å². The Morgan fingerprint density at radius 2 is 1.90 bits per heavy atom. The highest BCUT2D eigenvalue weighted by atomic mass is 19.1. The molecule has 2 aliphatic heterocycles. The van der Waals surface area contributed by atoms with Gasteiger partial charge in [-0.3, -0.25) is 14.1 Å². The van der Waals surface area contributed by atoms with Gasteiger partial charge in [-0.1, -0.05) is 24.3 Å². The molecule has 2 aromatic carbocycles. The van der Waals surface area contributed by atoms with Gasteiger partial charge >= 0.3 is 0 Å². The molecule has 2 fully saturated rings. The summed E-state index contributed by atoms with van der Waals surface area (Å²) in [6.07, 6.45) is 6.57. The maximum Gasteiger partial charge on any atom is 0.274 e. The number of anilines is 1. The summed E-state index contributed by atoms with van der Waals surface area (Å²) < 4.78 is 30.1. The van der Waals surface area contributed by atoms with Gasteiger partial charge in [-0.15, -0.1) is 0 Å². The van der Waals surface area contributed by atoms with Gasteiger partial charge in [0.25, 0.3) is 5.91 Å². The molecule has 0 aliphatic carbocycles. The Labute approximate surface area is 283 Å². The monoisotopic (exact) mass is 659 g/mol. The van der Waals surface area contributed by atoms with Gasteiger partial charge in [-0.25, -0.2) is 19.3 Å². The van der Waals surface area contributed by atoms with Crippen molar-refractivity contribution in [1.29, 1.82) is 0 Å². The fourth-order valence-electron chi connectivity index (χ4n) is 6.76. The molecule has 250 valence electrons. The van der Waals surface area contributed by atoms with Crippen molar-refractivity contribution < 1.29 is 18.7 Å². The number of halogens is 1. The summed E-state index contributed by atoms with van der Waals surface area (Å²) in [6, 6.07) is 22.6. The highest BCUT2D eigenvalue weighted by molar-refractivity contribution is 6.04. The quantitative estimate of drug-likeness (QED) is 0.179. The van der Waals surface area contributed by atoms with Crippen molar-refractivity contribution in [3.8, 4) is 5.88 Å². The van der Waals surface area contributed by atoms with E-state index >= 15 is 0 Å². The van der Waals surface area contributed by atoms with Gasteiger partial charge < -0.3 is 19.4 Å². The van der Waals surface area contributed by atoms with Crippen LogP contribution in [0.25, 0.3) is 16.7 Å². The highest BCUT2D eigenvalue weighted by Crippen LogP contribution is 2.30. The maximum absolute atomic E-state index is 14.3. The Kier molecular flexibility index (Phi) is 8.53. The lowest BCUT2D eigenvalue weighted by Gasteiger charge is -2.32. The van der Waals surface area contributed by atoms with E-state index in [1.807, 2.05) is 67.7 Å². The van der Waals surface area contributed by atoms with E-state index in [9.17, 15) is 9.18 Å². The van der Waals surface area contributed by atoms with Crippen LogP contribution in [-0.2, 0) is 24.4 Å². The summed E-state index contributed by atoms with van der Waals surface area (Å²) in [5, 5.41) is 3.03.